The number of rotatable bonds is 12. The van der Waals surface area contributed by atoms with Crippen molar-refractivity contribution in [3.05, 3.63) is 93.8 Å². The molecule has 8 nitrogen and oxygen atoms in total. The highest BCUT2D eigenvalue weighted by molar-refractivity contribution is 7.08. The third-order valence-corrected chi connectivity index (χ3v) is 6.91. The average Bonchev–Trinajstić information content (AvgIpc) is 3.45. The van der Waals surface area contributed by atoms with Gasteiger partial charge in [-0.3, -0.25) is 9.59 Å². The van der Waals surface area contributed by atoms with Crippen molar-refractivity contribution in [3.8, 4) is 28.8 Å². The molecule has 2 aromatic heterocycles. The highest BCUT2D eigenvalue weighted by atomic mass is 32.1. The van der Waals surface area contributed by atoms with Crippen LogP contribution in [0.4, 0.5) is 5.69 Å². The number of anilines is 1. The maximum absolute atomic E-state index is 14.1. The minimum Gasteiger partial charge on any atom is -0.497 e. The van der Waals surface area contributed by atoms with Crippen LogP contribution in [0, 0.1) is 11.3 Å². The number of carbonyl (C=O) groups excluding carboxylic acids is 1. The fourth-order valence-corrected chi connectivity index (χ4v) is 5.07. The van der Waals surface area contributed by atoms with Crippen LogP contribution in [0.1, 0.15) is 45.9 Å². The number of hydrogen-bond acceptors (Lipinski definition) is 8. The zero-order valence-electron chi connectivity index (χ0n) is 21.5. The number of carboxylic acid groups (broad SMARTS) is 1. The second-order valence-corrected chi connectivity index (χ2v) is 9.53. The topological polar surface area (TPSA) is 122 Å². The number of pyridine rings is 1. The predicted molar refractivity (Wildman–Crippen MR) is 150 cm³/mol. The summed E-state index contributed by atoms with van der Waals surface area (Å²) in [5.74, 6) is 0.00196. The van der Waals surface area contributed by atoms with Crippen LogP contribution < -0.4 is 14.8 Å². The number of thiophene rings is 1. The molecule has 2 aromatic carbocycles. The molecule has 0 saturated carbocycles. The molecule has 4 aromatic rings. The van der Waals surface area contributed by atoms with E-state index in [-0.39, 0.29) is 12.2 Å². The molecule has 0 aliphatic heterocycles. The van der Waals surface area contributed by atoms with E-state index in [1.54, 1.807) is 49.7 Å². The lowest BCUT2D eigenvalue weighted by molar-refractivity contribution is -0.137. The highest BCUT2D eigenvalue weighted by Gasteiger charge is 2.26. The van der Waals surface area contributed by atoms with Gasteiger partial charge >= 0.3 is 5.97 Å². The molecule has 0 saturated heterocycles. The summed E-state index contributed by atoms with van der Waals surface area (Å²) < 4.78 is 10.7. The molecule has 0 spiro atoms. The Balaban J connectivity index is 1.72. The van der Waals surface area contributed by atoms with Gasteiger partial charge in [-0.05, 0) is 59.7 Å². The van der Waals surface area contributed by atoms with Gasteiger partial charge in [0.05, 0.1) is 25.9 Å². The molecule has 1 atom stereocenters. The van der Waals surface area contributed by atoms with Crippen LogP contribution in [0.15, 0.2) is 71.6 Å². The number of benzene rings is 2. The third-order valence-electron chi connectivity index (χ3n) is 6.16. The van der Waals surface area contributed by atoms with Crippen LogP contribution in [0.25, 0.3) is 11.1 Å². The summed E-state index contributed by atoms with van der Waals surface area (Å²) in [5.41, 5.74) is 4.74. The van der Waals surface area contributed by atoms with Gasteiger partial charge in [0.1, 0.15) is 11.8 Å². The van der Waals surface area contributed by atoms with Crippen LogP contribution >= 0.6 is 11.3 Å². The Kier molecular flexibility index (Phi) is 8.92. The van der Waals surface area contributed by atoms with E-state index in [4.69, 9.17) is 14.6 Å². The molecule has 0 aliphatic rings. The van der Waals surface area contributed by atoms with Gasteiger partial charge in [-0.15, -0.1) is 0 Å². The Hall–Kier alpha value is -4.68. The summed E-state index contributed by atoms with van der Waals surface area (Å²) in [6.45, 7) is 0. The van der Waals surface area contributed by atoms with E-state index in [1.165, 1.54) is 18.4 Å². The first-order valence-electron chi connectivity index (χ1n) is 12.2. The summed E-state index contributed by atoms with van der Waals surface area (Å²) in [5, 5.41) is 25.4. The van der Waals surface area contributed by atoms with E-state index in [9.17, 15) is 14.9 Å². The number of aliphatic carboxylic acids is 1. The maximum Gasteiger partial charge on any atom is 0.303 e. The normalized spacial score (nSPS) is 11.3. The monoisotopic (exact) mass is 541 g/mol. The lowest BCUT2D eigenvalue weighted by Gasteiger charge is -2.21. The van der Waals surface area contributed by atoms with Gasteiger partial charge < -0.3 is 19.9 Å². The van der Waals surface area contributed by atoms with E-state index in [0.717, 1.165) is 16.7 Å². The number of carbonyl (C=O) groups is 2. The molecule has 0 bridgehead atoms. The average molecular weight is 542 g/mol. The Morgan fingerprint density at radius 2 is 1.95 bits per heavy atom. The molecule has 39 heavy (non-hydrogen) atoms. The maximum atomic E-state index is 14.1. The van der Waals surface area contributed by atoms with Crippen LogP contribution in [-0.2, 0) is 11.2 Å². The van der Waals surface area contributed by atoms with Crippen LogP contribution in [0.2, 0.25) is 0 Å². The molecule has 9 heteroatoms. The predicted octanol–water partition coefficient (Wildman–Crippen LogP) is 6.14. The molecule has 0 amide bonds. The van der Waals surface area contributed by atoms with Crippen molar-refractivity contribution < 1.29 is 24.2 Å². The third kappa shape index (κ3) is 6.80. The first-order chi connectivity index (χ1) is 18.9. The van der Waals surface area contributed by atoms with Crippen LogP contribution in [0.3, 0.4) is 0 Å². The van der Waals surface area contributed by atoms with Crippen molar-refractivity contribution in [2.45, 2.75) is 25.3 Å². The van der Waals surface area contributed by atoms with Gasteiger partial charge in [0.15, 0.2) is 5.78 Å². The smallest absolute Gasteiger partial charge is 0.303 e. The van der Waals surface area contributed by atoms with Crippen molar-refractivity contribution in [2.75, 3.05) is 19.5 Å². The Morgan fingerprint density at radius 3 is 2.64 bits per heavy atom. The second-order valence-electron chi connectivity index (χ2n) is 8.78. The van der Waals surface area contributed by atoms with Crippen LogP contribution in [-0.4, -0.2) is 36.1 Å². The lowest BCUT2D eigenvalue weighted by Crippen LogP contribution is -2.22. The number of ether oxygens (including phenoxy) is 2. The molecule has 2 heterocycles. The zero-order valence-corrected chi connectivity index (χ0v) is 22.3. The number of aromatic nitrogens is 1. The molecular weight excluding hydrogens is 514 g/mol. The SMILES string of the molecule is COc1cc(CCCC(=O)O)cc(NC(C(=O)c2cscc2-c2cccc(C#N)c2)c2ccc(OC)nc2)c1. The lowest BCUT2D eigenvalue weighted by atomic mass is 9.94. The van der Waals surface area contributed by atoms with Gasteiger partial charge in [0.2, 0.25) is 5.88 Å². The minimum atomic E-state index is -0.846. The standard InChI is InChI=1S/C30H27N3O5S/c1-37-24-13-19(5-4-8-28(34)35)12-23(14-24)33-29(22-9-10-27(38-2)32-16-22)30(36)26-18-39-17-25(26)21-7-3-6-20(11-21)15-31/h3,6-7,9-14,16-18,29,33H,4-5,8H2,1-2H3,(H,34,35). The molecule has 0 aliphatic carbocycles. The largest absolute Gasteiger partial charge is 0.497 e. The second kappa shape index (κ2) is 12.7. The van der Waals surface area contributed by atoms with Gasteiger partial charge in [-0.1, -0.05) is 12.1 Å². The Morgan fingerprint density at radius 1 is 1.10 bits per heavy atom. The summed E-state index contributed by atoms with van der Waals surface area (Å²) in [7, 11) is 3.08. The number of carboxylic acids is 1. The first-order valence-corrected chi connectivity index (χ1v) is 13.1. The van der Waals surface area contributed by atoms with E-state index < -0.39 is 12.0 Å². The number of hydrogen-bond donors (Lipinski definition) is 2. The zero-order chi connectivity index (χ0) is 27.8. The molecule has 1 unspecified atom stereocenters. The number of aryl methyl sites for hydroxylation is 1. The summed E-state index contributed by atoms with van der Waals surface area (Å²) >= 11 is 1.41. The van der Waals surface area contributed by atoms with E-state index in [1.807, 2.05) is 29.0 Å². The van der Waals surface area contributed by atoms with Crippen molar-refractivity contribution in [3.63, 3.8) is 0 Å². The Bertz CT molecular complexity index is 1510. The number of ketones is 1. The van der Waals surface area contributed by atoms with Crippen molar-refractivity contribution in [1.82, 2.24) is 4.98 Å². The van der Waals surface area contributed by atoms with Gasteiger partial charge in [0.25, 0.3) is 0 Å². The molecule has 0 radical (unpaired) electrons. The number of nitrogens with zero attached hydrogens (tertiary/aromatic N) is 2. The quantitative estimate of drug-likeness (QED) is 0.205. The molecule has 4 rings (SSSR count). The van der Waals surface area contributed by atoms with Crippen LogP contribution in [0.5, 0.6) is 11.6 Å². The van der Waals surface area contributed by atoms with Gasteiger partial charge in [-0.2, -0.15) is 16.6 Å². The summed E-state index contributed by atoms with van der Waals surface area (Å²) in [6.07, 6.45) is 2.69. The number of Topliss-reactive ketones (excluding diaryl/α,β-unsaturated/α-hetero) is 1. The van der Waals surface area contributed by atoms with E-state index >= 15 is 0 Å². The fraction of sp³-hybridized carbons (Fsp3) is 0.200. The number of methoxy groups -OCH3 is 2. The van der Waals surface area contributed by atoms with Gasteiger partial charge in [0, 0.05) is 52.5 Å². The van der Waals surface area contributed by atoms with Crippen molar-refractivity contribution in [1.29, 1.82) is 5.26 Å². The number of nitrogens with one attached hydrogen (secondary N) is 1. The molecule has 198 valence electrons. The highest BCUT2D eigenvalue weighted by Crippen LogP contribution is 2.34. The molecule has 0 fully saturated rings. The summed E-state index contributed by atoms with van der Waals surface area (Å²) in [6, 6.07) is 17.6. The van der Waals surface area contributed by atoms with Crippen molar-refractivity contribution in [2.24, 2.45) is 0 Å². The Labute approximate surface area is 230 Å². The van der Waals surface area contributed by atoms with E-state index in [0.29, 0.717) is 46.8 Å². The van der Waals surface area contributed by atoms with Crippen molar-refractivity contribution >= 4 is 28.8 Å². The molecule has 2 N–H and O–H groups in total. The summed E-state index contributed by atoms with van der Waals surface area (Å²) in [4.78, 5) is 29.4. The molecular formula is C30H27N3O5S. The van der Waals surface area contributed by atoms with E-state index in [2.05, 4.69) is 16.4 Å². The number of nitriles is 1. The fourth-order valence-electron chi connectivity index (χ4n) is 4.22. The first kappa shape index (κ1) is 27.4. The van der Waals surface area contributed by atoms with Gasteiger partial charge in [-0.25, -0.2) is 4.98 Å². The minimum absolute atomic E-state index is 0.0620.